The predicted octanol–water partition coefficient (Wildman–Crippen LogP) is 5.94. The van der Waals surface area contributed by atoms with Crippen molar-refractivity contribution in [2.24, 2.45) is 0 Å². The average Bonchev–Trinajstić information content (AvgIpc) is 3.48. The average molecular weight is 467 g/mol. The number of pyridine rings is 1. The van der Waals surface area contributed by atoms with Crippen LogP contribution in [-0.4, -0.2) is 14.7 Å². The van der Waals surface area contributed by atoms with Crippen molar-refractivity contribution in [1.82, 2.24) is 14.9 Å². The number of nitrogens with one attached hydrogen (secondary N) is 1. The molecule has 4 nitrogen and oxygen atoms in total. The molecule has 1 saturated carbocycles. The van der Waals surface area contributed by atoms with Gasteiger partial charge >= 0.3 is 0 Å². The molecule has 29 heavy (non-hydrogen) atoms. The summed E-state index contributed by atoms with van der Waals surface area (Å²) >= 11 is 9.37. The summed E-state index contributed by atoms with van der Waals surface area (Å²) in [6.45, 7) is 0. The number of halogens is 1. The van der Waals surface area contributed by atoms with Crippen LogP contribution >= 0.6 is 28.1 Å². The van der Waals surface area contributed by atoms with Crippen LogP contribution in [0.4, 0.5) is 5.69 Å². The van der Waals surface area contributed by atoms with E-state index in [9.17, 15) is 0 Å². The first kappa shape index (κ1) is 18.8. The number of aromatic nitrogens is 2. The van der Waals surface area contributed by atoms with Crippen LogP contribution in [0.25, 0.3) is 0 Å². The Labute approximate surface area is 185 Å². The van der Waals surface area contributed by atoms with Crippen molar-refractivity contribution in [1.29, 1.82) is 0 Å². The second kappa shape index (κ2) is 7.92. The van der Waals surface area contributed by atoms with Gasteiger partial charge in [-0.3, -0.25) is 4.98 Å². The van der Waals surface area contributed by atoms with E-state index < -0.39 is 0 Å². The summed E-state index contributed by atoms with van der Waals surface area (Å²) in [6, 6.07) is 19.5. The van der Waals surface area contributed by atoms with Crippen LogP contribution in [0.15, 0.2) is 71.5 Å². The van der Waals surface area contributed by atoms with Crippen LogP contribution in [0.3, 0.4) is 0 Å². The molecule has 1 aromatic carbocycles. The standard InChI is InChI=1S/C23H23BrN4S/c24-16-10-12-18(13-11-16)28-22(20-9-5-15-27(20)17-6-1-2-7-17)21(26-23(28)29)19-8-3-4-14-25-19/h3-5,8-15,17,21-22H,1-2,6-7H2,(H,26,29). The van der Waals surface area contributed by atoms with Gasteiger partial charge in [-0.15, -0.1) is 0 Å². The third-order valence-corrected chi connectivity index (χ3v) is 6.88. The van der Waals surface area contributed by atoms with E-state index in [4.69, 9.17) is 12.2 Å². The molecule has 2 fully saturated rings. The third-order valence-electron chi connectivity index (χ3n) is 6.04. The lowest BCUT2D eigenvalue weighted by Crippen LogP contribution is -2.30. The number of hydrogen-bond acceptors (Lipinski definition) is 2. The fourth-order valence-corrected chi connectivity index (χ4v) is 5.32. The van der Waals surface area contributed by atoms with E-state index in [2.05, 4.69) is 84.4 Å². The van der Waals surface area contributed by atoms with Gasteiger partial charge in [0, 0.05) is 34.3 Å². The molecule has 1 aliphatic heterocycles. The van der Waals surface area contributed by atoms with Gasteiger partial charge in [-0.1, -0.05) is 34.8 Å². The molecule has 1 N–H and O–H groups in total. The Hall–Kier alpha value is -2.18. The summed E-state index contributed by atoms with van der Waals surface area (Å²) in [6.07, 6.45) is 9.21. The van der Waals surface area contributed by atoms with Gasteiger partial charge in [0.25, 0.3) is 0 Å². The number of rotatable bonds is 4. The number of hydrogen-bond donors (Lipinski definition) is 1. The summed E-state index contributed by atoms with van der Waals surface area (Å²) in [7, 11) is 0. The van der Waals surface area contributed by atoms with Gasteiger partial charge in [-0.2, -0.15) is 0 Å². The van der Waals surface area contributed by atoms with Crippen molar-refractivity contribution in [3.05, 3.63) is 82.9 Å². The molecular formula is C23H23BrN4S. The minimum Gasteiger partial charge on any atom is -0.351 e. The monoisotopic (exact) mass is 466 g/mol. The molecule has 0 radical (unpaired) electrons. The van der Waals surface area contributed by atoms with Gasteiger partial charge in [-0.25, -0.2) is 0 Å². The normalized spacial score (nSPS) is 22.2. The Morgan fingerprint density at radius 1 is 1.00 bits per heavy atom. The lowest BCUT2D eigenvalue weighted by Gasteiger charge is -2.30. The fourth-order valence-electron chi connectivity index (χ4n) is 4.71. The van der Waals surface area contributed by atoms with Crippen LogP contribution < -0.4 is 10.2 Å². The van der Waals surface area contributed by atoms with Gasteiger partial charge in [0.2, 0.25) is 0 Å². The molecular weight excluding hydrogens is 444 g/mol. The van der Waals surface area contributed by atoms with E-state index >= 15 is 0 Å². The maximum absolute atomic E-state index is 5.83. The molecule has 3 heterocycles. The first-order valence-electron chi connectivity index (χ1n) is 10.2. The highest BCUT2D eigenvalue weighted by atomic mass is 79.9. The zero-order valence-electron chi connectivity index (χ0n) is 16.0. The molecule has 2 unspecified atom stereocenters. The Balaban J connectivity index is 1.62. The van der Waals surface area contributed by atoms with Crippen LogP contribution in [0, 0.1) is 0 Å². The minimum atomic E-state index is 0.00222. The molecule has 3 aromatic rings. The topological polar surface area (TPSA) is 33.1 Å². The van der Waals surface area contributed by atoms with Crippen molar-refractivity contribution in [3.8, 4) is 0 Å². The number of nitrogens with zero attached hydrogens (tertiary/aromatic N) is 3. The van der Waals surface area contributed by atoms with E-state index in [0.717, 1.165) is 21.0 Å². The van der Waals surface area contributed by atoms with Crippen LogP contribution in [0.2, 0.25) is 0 Å². The lowest BCUT2D eigenvalue weighted by atomic mass is 10.0. The SMILES string of the molecule is S=C1NC(c2ccccn2)C(c2cccn2C2CCCC2)N1c1ccc(Br)cc1. The number of benzene rings is 1. The van der Waals surface area contributed by atoms with Crippen molar-refractivity contribution in [2.75, 3.05) is 4.90 Å². The van der Waals surface area contributed by atoms with Crippen LogP contribution in [0.5, 0.6) is 0 Å². The summed E-state index contributed by atoms with van der Waals surface area (Å²) in [4.78, 5) is 6.91. The first-order valence-corrected chi connectivity index (χ1v) is 11.4. The maximum Gasteiger partial charge on any atom is 0.174 e. The van der Waals surface area contributed by atoms with Crippen molar-refractivity contribution >= 4 is 38.9 Å². The van der Waals surface area contributed by atoms with E-state index in [1.165, 1.54) is 31.4 Å². The Morgan fingerprint density at radius 3 is 2.52 bits per heavy atom. The van der Waals surface area contributed by atoms with Gasteiger partial charge < -0.3 is 14.8 Å². The molecule has 1 saturated heterocycles. The molecule has 1 aliphatic carbocycles. The van der Waals surface area contributed by atoms with Gasteiger partial charge in [0.15, 0.2) is 5.11 Å². The molecule has 0 amide bonds. The molecule has 0 spiro atoms. The number of thiocarbonyl (C=S) groups is 1. The highest BCUT2D eigenvalue weighted by molar-refractivity contribution is 9.10. The summed E-state index contributed by atoms with van der Waals surface area (Å²) < 4.78 is 3.54. The molecule has 5 rings (SSSR count). The second-order valence-electron chi connectivity index (χ2n) is 7.75. The summed E-state index contributed by atoms with van der Waals surface area (Å²) in [5, 5.41) is 4.30. The Kier molecular flexibility index (Phi) is 5.14. The van der Waals surface area contributed by atoms with E-state index in [1.54, 1.807) is 0 Å². The Bertz CT molecular complexity index is 995. The lowest BCUT2D eigenvalue weighted by molar-refractivity contribution is 0.461. The Morgan fingerprint density at radius 2 is 1.79 bits per heavy atom. The highest BCUT2D eigenvalue weighted by Gasteiger charge is 2.42. The van der Waals surface area contributed by atoms with Gasteiger partial charge in [-0.05, 0) is 73.6 Å². The largest absolute Gasteiger partial charge is 0.351 e. The third kappa shape index (κ3) is 3.49. The second-order valence-corrected chi connectivity index (χ2v) is 9.05. The molecule has 2 atom stereocenters. The minimum absolute atomic E-state index is 0.00222. The van der Waals surface area contributed by atoms with E-state index in [-0.39, 0.29) is 12.1 Å². The quantitative estimate of drug-likeness (QED) is 0.482. The summed E-state index contributed by atoms with van der Waals surface area (Å²) in [5.41, 5.74) is 3.40. The zero-order chi connectivity index (χ0) is 19.8. The first-order chi connectivity index (χ1) is 14.2. The van der Waals surface area contributed by atoms with Crippen molar-refractivity contribution < 1.29 is 0 Å². The van der Waals surface area contributed by atoms with Gasteiger partial charge in [0.1, 0.15) is 6.04 Å². The van der Waals surface area contributed by atoms with Crippen LogP contribution in [-0.2, 0) is 0 Å². The van der Waals surface area contributed by atoms with Gasteiger partial charge in [0.05, 0.1) is 11.7 Å². The number of anilines is 1. The van der Waals surface area contributed by atoms with Crippen LogP contribution in [0.1, 0.15) is 55.2 Å². The van der Waals surface area contributed by atoms with E-state index in [0.29, 0.717) is 6.04 Å². The van der Waals surface area contributed by atoms with E-state index in [1.807, 2.05) is 18.3 Å². The molecule has 2 aromatic heterocycles. The maximum atomic E-state index is 5.83. The molecule has 6 heteroatoms. The highest BCUT2D eigenvalue weighted by Crippen LogP contribution is 2.43. The predicted molar refractivity (Wildman–Crippen MR) is 124 cm³/mol. The molecule has 148 valence electrons. The molecule has 0 bridgehead atoms. The van der Waals surface area contributed by atoms with Crippen molar-refractivity contribution in [2.45, 2.75) is 43.8 Å². The summed E-state index contributed by atoms with van der Waals surface area (Å²) in [5.74, 6) is 0. The smallest absolute Gasteiger partial charge is 0.174 e. The zero-order valence-corrected chi connectivity index (χ0v) is 18.4. The fraction of sp³-hybridized carbons (Fsp3) is 0.304. The molecule has 2 aliphatic rings. The van der Waals surface area contributed by atoms with Crippen molar-refractivity contribution in [3.63, 3.8) is 0 Å².